The van der Waals surface area contributed by atoms with Crippen molar-refractivity contribution >= 4 is 23.5 Å². The Morgan fingerprint density at radius 3 is 1.96 bits per heavy atom. The first-order valence-electron chi connectivity index (χ1n) is 15.3. The van der Waals surface area contributed by atoms with Gasteiger partial charge in [-0.1, -0.05) is 48.5 Å². The maximum absolute atomic E-state index is 13.6. The summed E-state index contributed by atoms with van der Waals surface area (Å²) in [6.07, 6.45) is 1.22. The molecule has 6 N–H and O–H groups in total. The largest absolute Gasteiger partial charge is 0.481 e. The molecule has 0 aliphatic carbocycles. The van der Waals surface area contributed by atoms with Gasteiger partial charge < -0.3 is 35.5 Å². The van der Waals surface area contributed by atoms with Gasteiger partial charge >= 0.3 is 11.9 Å². The van der Waals surface area contributed by atoms with Crippen LogP contribution in [0.2, 0.25) is 0 Å². The molecule has 3 aromatic rings. The summed E-state index contributed by atoms with van der Waals surface area (Å²) in [4.78, 5) is 37.6. The van der Waals surface area contributed by atoms with E-state index in [0.717, 1.165) is 16.7 Å². The van der Waals surface area contributed by atoms with Crippen molar-refractivity contribution < 1.29 is 49.4 Å². The summed E-state index contributed by atoms with van der Waals surface area (Å²) >= 11 is 0. The molecule has 1 heterocycles. The number of halogens is 1. The van der Waals surface area contributed by atoms with Crippen LogP contribution >= 0.6 is 0 Å². The van der Waals surface area contributed by atoms with Crippen LogP contribution < -0.4 is 4.90 Å². The van der Waals surface area contributed by atoms with Gasteiger partial charge in [0.25, 0.3) is 0 Å². The number of carbonyl (C=O) groups is 3. The first kappa shape index (κ1) is 34.7. The quantitative estimate of drug-likeness (QED) is 0.0950. The number of anilines is 1. The molecule has 0 radical (unpaired) electrons. The van der Waals surface area contributed by atoms with E-state index >= 15 is 0 Å². The van der Waals surface area contributed by atoms with E-state index in [2.05, 4.69) is 0 Å². The highest BCUT2D eigenvalue weighted by atomic mass is 19.1. The molecule has 3 atom stereocenters. The molecule has 46 heavy (non-hydrogen) atoms. The zero-order chi connectivity index (χ0) is 33.4. The van der Waals surface area contributed by atoms with Gasteiger partial charge in [-0.2, -0.15) is 0 Å². The molecule has 246 valence electrons. The fourth-order valence-electron chi connectivity index (χ4n) is 5.84. The standard InChI is InChI=1S/C35H40FNO9/c36-26-12-10-24(11-13-26)30(40)17-16-28-31(25-8-4-22(5-9-25)2-1-3-29(33(42)43)34(44)45)37(32(28)41)27-14-6-23(7-15-27)18-19-35(46,20-38)21-39/h4-15,28-31,38-40,46H,1-3,16-21H2,(H,42,43)(H,44,45)/t28-,30+,31-/m1/s1. The number of aliphatic hydroxyl groups excluding tert-OH is 3. The second-order valence-corrected chi connectivity index (χ2v) is 12.0. The van der Waals surface area contributed by atoms with Gasteiger partial charge in [-0.3, -0.25) is 14.4 Å². The molecule has 0 unspecified atom stereocenters. The molecule has 0 bridgehead atoms. The second-order valence-electron chi connectivity index (χ2n) is 12.0. The minimum Gasteiger partial charge on any atom is -0.481 e. The molecule has 1 fully saturated rings. The zero-order valence-electron chi connectivity index (χ0n) is 25.3. The Hall–Kier alpha value is -4.16. The lowest BCUT2D eigenvalue weighted by molar-refractivity contribution is -0.154. The number of aryl methyl sites for hydroxylation is 2. The first-order chi connectivity index (χ1) is 22.0. The third-order valence-electron chi connectivity index (χ3n) is 8.78. The van der Waals surface area contributed by atoms with Gasteiger partial charge in [0, 0.05) is 5.69 Å². The monoisotopic (exact) mass is 637 g/mol. The number of carboxylic acid groups (broad SMARTS) is 2. The Morgan fingerprint density at radius 1 is 0.826 bits per heavy atom. The third kappa shape index (κ3) is 8.35. The van der Waals surface area contributed by atoms with Crippen molar-refractivity contribution in [3.63, 3.8) is 0 Å². The maximum Gasteiger partial charge on any atom is 0.317 e. The van der Waals surface area contributed by atoms with Gasteiger partial charge in [0.15, 0.2) is 5.92 Å². The van der Waals surface area contributed by atoms with E-state index in [-0.39, 0.29) is 31.2 Å². The molecule has 0 saturated carbocycles. The molecule has 11 heteroatoms. The minimum absolute atomic E-state index is 0.00502. The molecule has 1 aliphatic heterocycles. The van der Waals surface area contributed by atoms with E-state index in [0.29, 0.717) is 36.9 Å². The highest BCUT2D eigenvalue weighted by Gasteiger charge is 2.48. The van der Waals surface area contributed by atoms with Crippen LogP contribution in [0.3, 0.4) is 0 Å². The van der Waals surface area contributed by atoms with Crippen LogP contribution in [-0.2, 0) is 27.2 Å². The molecular weight excluding hydrogens is 597 g/mol. The summed E-state index contributed by atoms with van der Waals surface area (Å²) in [6, 6.07) is 20.1. The van der Waals surface area contributed by atoms with Gasteiger partial charge in [0.2, 0.25) is 5.91 Å². The van der Waals surface area contributed by atoms with E-state index in [4.69, 9.17) is 10.2 Å². The Kier molecular flexibility index (Phi) is 11.6. The first-order valence-corrected chi connectivity index (χ1v) is 15.3. The number of hydrogen-bond acceptors (Lipinski definition) is 7. The van der Waals surface area contributed by atoms with Gasteiger partial charge in [0.1, 0.15) is 11.4 Å². The van der Waals surface area contributed by atoms with E-state index in [1.807, 2.05) is 36.4 Å². The fourth-order valence-corrected chi connectivity index (χ4v) is 5.84. The predicted octanol–water partition coefficient (Wildman–Crippen LogP) is 3.80. The number of carboxylic acids is 2. The SMILES string of the molecule is O=C(O)C(CCCc1ccc([C@@H]2[C@@H](CC[C@H](O)c3ccc(F)cc3)C(=O)N2c2ccc(CCC(O)(CO)CO)cc2)cc1)C(=O)O. The van der Waals surface area contributed by atoms with E-state index in [1.165, 1.54) is 24.3 Å². The Labute approximate surface area is 266 Å². The topological polar surface area (TPSA) is 176 Å². The highest BCUT2D eigenvalue weighted by Crippen LogP contribution is 2.46. The summed E-state index contributed by atoms with van der Waals surface area (Å²) < 4.78 is 13.4. The van der Waals surface area contributed by atoms with Crippen molar-refractivity contribution in [1.82, 2.24) is 0 Å². The average molecular weight is 638 g/mol. The smallest absolute Gasteiger partial charge is 0.317 e. The molecule has 0 aromatic heterocycles. The molecule has 4 rings (SSSR count). The maximum atomic E-state index is 13.6. The van der Waals surface area contributed by atoms with Crippen molar-refractivity contribution in [2.45, 2.75) is 62.7 Å². The number of aliphatic carboxylic acids is 2. The summed E-state index contributed by atoms with van der Waals surface area (Å²) in [7, 11) is 0. The minimum atomic E-state index is -1.58. The lowest BCUT2D eigenvalue weighted by atomic mass is 9.78. The summed E-state index contributed by atoms with van der Waals surface area (Å²) in [5, 5.41) is 57.9. The van der Waals surface area contributed by atoms with Gasteiger partial charge in [0.05, 0.1) is 31.3 Å². The third-order valence-corrected chi connectivity index (χ3v) is 8.78. The predicted molar refractivity (Wildman–Crippen MR) is 166 cm³/mol. The molecule has 1 aliphatic rings. The number of benzene rings is 3. The molecule has 0 spiro atoms. The van der Waals surface area contributed by atoms with Gasteiger partial charge in [-0.05, 0) is 91.5 Å². The number of aliphatic hydroxyl groups is 4. The highest BCUT2D eigenvalue weighted by molar-refractivity contribution is 6.03. The van der Waals surface area contributed by atoms with Crippen molar-refractivity contribution in [1.29, 1.82) is 0 Å². The van der Waals surface area contributed by atoms with Gasteiger partial charge in [-0.25, -0.2) is 4.39 Å². The number of amides is 1. The van der Waals surface area contributed by atoms with E-state index in [1.54, 1.807) is 17.0 Å². The summed E-state index contributed by atoms with van der Waals surface area (Å²) in [5.74, 6) is -5.14. The second kappa shape index (κ2) is 15.4. The normalized spacial score (nSPS) is 17.2. The Balaban J connectivity index is 1.49. The summed E-state index contributed by atoms with van der Waals surface area (Å²) in [6.45, 7) is -1.13. The van der Waals surface area contributed by atoms with Crippen LogP contribution in [0.5, 0.6) is 0 Å². The Bertz CT molecular complexity index is 1460. The van der Waals surface area contributed by atoms with Crippen molar-refractivity contribution in [3.05, 3.63) is 101 Å². The Morgan fingerprint density at radius 2 is 1.39 bits per heavy atom. The number of nitrogens with zero attached hydrogens (tertiary/aromatic N) is 1. The van der Waals surface area contributed by atoms with Gasteiger partial charge in [-0.15, -0.1) is 0 Å². The average Bonchev–Trinajstić information content (AvgIpc) is 3.05. The van der Waals surface area contributed by atoms with Crippen LogP contribution in [0.1, 0.15) is 66.5 Å². The van der Waals surface area contributed by atoms with Crippen molar-refractivity contribution in [2.24, 2.45) is 11.8 Å². The lowest BCUT2D eigenvalue weighted by Gasteiger charge is -2.48. The van der Waals surface area contributed by atoms with Crippen LogP contribution in [0.4, 0.5) is 10.1 Å². The van der Waals surface area contributed by atoms with Crippen LogP contribution in [0, 0.1) is 17.7 Å². The van der Waals surface area contributed by atoms with Crippen LogP contribution in [0.15, 0.2) is 72.8 Å². The molecule has 10 nitrogen and oxygen atoms in total. The molecule has 1 saturated heterocycles. The molecule has 1 amide bonds. The number of carbonyl (C=O) groups excluding carboxylic acids is 1. The zero-order valence-corrected chi connectivity index (χ0v) is 25.3. The van der Waals surface area contributed by atoms with Crippen molar-refractivity contribution in [2.75, 3.05) is 18.1 Å². The lowest BCUT2D eigenvalue weighted by Crippen LogP contribution is -2.55. The number of rotatable bonds is 17. The van der Waals surface area contributed by atoms with E-state index in [9.17, 15) is 39.2 Å². The number of hydrogen-bond donors (Lipinski definition) is 6. The number of β-lactam (4-membered cyclic amide) rings is 1. The fraction of sp³-hybridized carbons (Fsp3) is 0.400. The van der Waals surface area contributed by atoms with Crippen LogP contribution in [-0.4, -0.2) is 67.3 Å². The molecular formula is C35H40FNO9. The molecule has 3 aromatic carbocycles. The summed E-state index contributed by atoms with van der Waals surface area (Å²) in [5.41, 5.74) is 2.25. The van der Waals surface area contributed by atoms with Crippen molar-refractivity contribution in [3.8, 4) is 0 Å². The van der Waals surface area contributed by atoms with Crippen LogP contribution in [0.25, 0.3) is 0 Å². The van der Waals surface area contributed by atoms with E-state index < -0.39 is 54.5 Å².